The molecule has 1 aliphatic rings. The predicted molar refractivity (Wildman–Crippen MR) is 94.3 cm³/mol. The van der Waals surface area contributed by atoms with Crippen molar-refractivity contribution < 1.29 is 13.2 Å². The SMILES string of the molecule is CC(C)(C)c1nc(N2CCCN(CCCCl)CC2)cc(C(F)(F)F)n1. The van der Waals surface area contributed by atoms with Crippen molar-refractivity contribution in [2.45, 2.75) is 45.2 Å². The minimum absolute atomic E-state index is 0.223. The quantitative estimate of drug-likeness (QED) is 0.743. The third kappa shape index (κ3) is 5.71. The molecular weight excluding hydrogens is 353 g/mol. The van der Waals surface area contributed by atoms with Crippen LogP contribution in [0.25, 0.3) is 0 Å². The van der Waals surface area contributed by atoms with Crippen molar-refractivity contribution in [1.82, 2.24) is 14.9 Å². The fourth-order valence-corrected chi connectivity index (χ4v) is 2.90. The van der Waals surface area contributed by atoms with Crippen LogP contribution in [0, 0.1) is 0 Å². The number of alkyl halides is 4. The van der Waals surface area contributed by atoms with Gasteiger partial charge in [0, 0.05) is 37.0 Å². The molecule has 2 rings (SSSR count). The van der Waals surface area contributed by atoms with Crippen molar-refractivity contribution in [3.8, 4) is 0 Å². The molecule has 0 aliphatic carbocycles. The third-order valence-corrected chi connectivity index (χ3v) is 4.46. The van der Waals surface area contributed by atoms with Gasteiger partial charge in [-0.1, -0.05) is 20.8 Å². The number of hydrogen-bond donors (Lipinski definition) is 0. The minimum atomic E-state index is -4.48. The molecule has 0 amide bonds. The van der Waals surface area contributed by atoms with Crippen LogP contribution in [-0.4, -0.2) is 53.5 Å². The second-order valence-corrected chi connectivity index (χ2v) is 7.79. The van der Waals surface area contributed by atoms with Crippen molar-refractivity contribution in [2.75, 3.05) is 43.5 Å². The Kier molecular flexibility index (Phi) is 6.54. The van der Waals surface area contributed by atoms with E-state index in [0.717, 1.165) is 38.5 Å². The van der Waals surface area contributed by atoms with Gasteiger partial charge in [0.2, 0.25) is 0 Å². The zero-order valence-electron chi connectivity index (χ0n) is 15.0. The molecule has 0 unspecified atom stereocenters. The number of nitrogens with zero attached hydrogens (tertiary/aromatic N) is 4. The van der Waals surface area contributed by atoms with E-state index < -0.39 is 17.3 Å². The lowest BCUT2D eigenvalue weighted by molar-refractivity contribution is -0.141. The van der Waals surface area contributed by atoms with Crippen molar-refractivity contribution in [3.63, 3.8) is 0 Å². The van der Waals surface area contributed by atoms with Crippen molar-refractivity contribution in [3.05, 3.63) is 17.6 Å². The summed E-state index contributed by atoms with van der Waals surface area (Å²) in [6, 6.07) is 1.07. The van der Waals surface area contributed by atoms with Crippen LogP contribution in [0.3, 0.4) is 0 Å². The lowest BCUT2D eigenvalue weighted by atomic mass is 9.95. The first kappa shape index (κ1) is 20.2. The highest BCUT2D eigenvalue weighted by Gasteiger charge is 2.35. The van der Waals surface area contributed by atoms with Crippen LogP contribution in [0.1, 0.15) is 45.1 Å². The zero-order valence-corrected chi connectivity index (χ0v) is 15.8. The number of anilines is 1. The van der Waals surface area contributed by atoms with Gasteiger partial charge >= 0.3 is 6.18 Å². The molecular formula is C17H26ClF3N4. The normalized spacial score (nSPS) is 17.6. The molecule has 1 aromatic rings. The first-order valence-corrected chi connectivity index (χ1v) is 9.15. The zero-order chi connectivity index (χ0) is 18.7. The van der Waals surface area contributed by atoms with Gasteiger partial charge in [0.1, 0.15) is 17.3 Å². The minimum Gasteiger partial charge on any atom is -0.355 e. The molecule has 2 heterocycles. The number of rotatable bonds is 4. The first-order valence-electron chi connectivity index (χ1n) is 8.61. The van der Waals surface area contributed by atoms with Gasteiger partial charge in [-0.25, -0.2) is 9.97 Å². The van der Waals surface area contributed by atoms with E-state index in [4.69, 9.17) is 11.6 Å². The highest BCUT2D eigenvalue weighted by molar-refractivity contribution is 6.17. The van der Waals surface area contributed by atoms with Crippen molar-refractivity contribution in [1.29, 1.82) is 0 Å². The Hall–Kier alpha value is -1.08. The van der Waals surface area contributed by atoms with Gasteiger partial charge in [-0.3, -0.25) is 0 Å². The van der Waals surface area contributed by atoms with Gasteiger partial charge in [0.25, 0.3) is 0 Å². The molecule has 0 atom stereocenters. The summed E-state index contributed by atoms with van der Waals surface area (Å²) in [4.78, 5) is 12.4. The molecule has 0 bridgehead atoms. The van der Waals surface area contributed by atoms with Gasteiger partial charge in [-0.2, -0.15) is 13.2 Å². The van der Waals surface area contributed by atoms with Gasteiger partial charge in [-0.05, 0) is 25.9 Å². The molecule has 1 aliphatic heterocycles. The van der Waals surface area contributed by atoms with E-state index in [2.05, 4.69) is 14.9 Å². The largest absolute Gasteiger partial charge is 0.433 e. The van der Waals surface area contributed by atoms with Crippen LogP contribution < -0.4 is 4.90 Å². The topological polar surface area (TPSA) is 32.3 Å². The average Bonchev–Trinajstić information content (AvgIpc) is 2.76. The summed E-state index contributed by atoms with van der Waals surface area (Å²) in [7, 11) is 0. The summed E-state index contributed by atoms with van der Waals surface area (Å²) >= 11 is 5.75. The van der Waals surface area contributed by atoms with E-state index in [9.17, 15) is 13.2 Å². The fourth-order valence-electron chi connectivity index (χ4n) is 2.78. The molecule has 142 valence electrons. The summed E-state index contributed by atoms with van der Waals surface area (Å²) in [5, 5.41) is 0. The molecule has 8 heteroatoms. The molecule has 0 N–H and O–H groups in total. The first-order chi connectivity index (χ1) is 11.6. The van der Waals surface area contributed by atoms with E-state index in [0.29, 0.717) is 24.8 Å². The Morgan fingerprint density at radius 3 is 2.40 bits per heavy atom. The molecule has 1 saturated heterocycles. The Balaban J connectivity index is 2.25. The van der Waals surface area contributed by atoms with Crippen LogP contribution in [0.2, 0.25) is 0 Å². The second kappa shape index (κ2) is 8.08. The van der Waals surface area contributed by atoms with Crippen LogP contribution in [0.4, 0.5) is 19.0 Å². The second-order valence-electron chi connectivity index (χ2n) is 7.41. The molecule has 0 radical (unpaired) electrons. The summed E-state index contributed by atoms with van der Waals surface area (Å²) in [6.07, 6.45) is -2.67. The Morgan fingerprint density at radius 2 is 1.80 bits per heavy atom. The van der Waals surface area contributed by atoms with E-state index >= 15 is 0 Å². The maximum atomic E-state index is 13.3. The Bertz CT molecular complexity index is 540. The van der Waals surface area contributed by atoms with Gasteiger partial charge in [-0.15, -0.1) is 11.6 Å². The van der Waals surface area contributed by atoms with Crippen molar-refractivity contribution in [2.24, 2.45) is 0 Å². The smallest absolute Gasteiger partial charge is 0.355 e. The lowest BCUT2D eigenvalue weighted by Crippen LogP contribution is -2.33. The third-order valence-electron chi connectivity index (χ3n) is 4.19. The molecule has 1 aromatic heterocycles. The molecule has 0 aromatic carbocycles. The predicted octanol–water partition coefficient (Wildman–Crippen LogP) is 3.93. The number of aromatic nitrogens is 2. The number of halogens is 4. The molecule has 0 spiro atoms. The highest BCUT2D eigenvalue weighted by atomic mass is 35.5. The van der Waals surface area contributed by atoms with E-state index in [-0.39, 0.29) is 5.82 Å². The van der Waals surface area contributed by atoms with E-state index in [1.54, 1.807) is 0 Å². The van der Waals surface area contributed by atoms with Crippen LogP contribution in [0.5, 0.6) is 0 Å². The molecule has 25 heavy (non-hydrogen) atoms. The summed E-state index contributed by atoms with van der Waals surface area (Å²) < 4.78 is 39.8. The lowest BCUT2D eigenvalue weighted by Gasteiger charge is -2.26. The summed E-state index contributed by atoms with van der Waals surface area (Å²) in [5.41, 5.74) is -1.42. The molecule has 0 saturated carbocycles. The van der Waals surface area contributed by atoms with Crippen LogP contribution in [-0.2, 0) is 11.6 Å². The van der Waals surface area contributed by atoms with Crippen LogP contribution in [0.15, 0.2) is 6.07 Å². The Morgan fingerprint density at radius 1 is 1.08 bits per heavy atom. The fraction of sp³-hybridized carbons (Fsp3) is 0.765. The Labute approximate surface area is 152 Å². The van der Waals surface area contributed by atoms with E-state index in [1.165, 1.54) is 0 Å². The highest BCUT2D eigenvalue weighted by Crippen LogP contribution is 2.32. The van der Waals surface area contributed by atoms with Crippen molar-refractivity contribution >= 4 is 17.4 Å². The maximum absolute atomic E-state index is 13.3. The van der Waals surface area contributed by atoms with Crippen LogP contribution >= 0.6 is 11.6 Å². The van der Waals surface area contributed by atoms with Gasteiger partial charge in [0.15, 0.2) is 0 Å². The average molecular weight is 379 g/mol. The maximum Gasteiger partial charge on any atom is 0.433 e. The monoisotopic (exact) mass is 378 g/mol. The summed E-state index contributed by atoms with van der Waals surface area (Å²) in [6.45, 7) is 9.45. The van der Waals surface area contributed by atoms with Gasteiger partial charge < -0.3 is 9.80 Å². The van der Waals surface area contributed by atoms with Gasteiger partial charge in [0.05, 0.1) is 0 Å². The van der Waals surface area contributed by atoms with E-state index in [1.807, 2.05) is 25.7 Å². The molecule has 4 nitrogen and oxygen atoms in total. The molecule has 1 fully saturated rings. The summed E-state index contributed by atoms with van der Waals surface area (Å²) in [5.74, 6) is 1.21. The standard InChI is InChI=1S/C17H26ClF3N4/c1-16(2,3)15-22-13(17(19,20)21)12-14(23-15)25-9-5-8-24(10-11-25)7-4-6-18/h12H,4-11H2,1-3H3. The number of hydrogen-bond acceptors (Lipinski definition) is 4.